The van der Waals surface area contributed by atoms with E-state index in [1.165, 1.54) is 29.5 Å². The molecule has 19 heavy (non-hydrogen) atoms. The van der Waals surface area contributed by atoms with E-state index in [0.29, 0.717) is 0 Å². The predicted octanol–water partition coefficient (Wildman–Crippen LogP) is 4.03. The highest BCUT2D eigenvalue weighted by molar-refractivity contribution is 5.49. The van der Waals surface area contributed by atoms with E-state index in [4.69, 9.17) is 10.5 Å². The SMILES string of the molecule is COc1c(C)cc(C2(N)CCCC2)cc1C(C)(C)C. The zero-order valence-electron chi connectivity index (χ0n) is 13.0. The van der Waals surface area contributed by atoms with Crippen LogP contribution in [0.2, 0.25) is 0 Å². The molecular weight excluding hydrogens is 234 g/mol. The van der Waals surface area contributed by atoms with Crippen LogP contribution in [0.4, 0.5) is 0 Å². The molecule has 0 saturated heterocycles. The van der Waals surface area contributed by atoms with E-state index in [-0.39, 0.29) is 11.0 Å². The van der Waals surface area contributed by atoms with E-state index in [9.17, 15) is 0 Å². The topological polar surface area (TPSA) is 35.2 Å². The Hall–Kier alpha value is -1.02. The number of nitrogens with two attached hydrogens (primary N) is 1. The molecule has 1 aliphatic carbocycles. The summed E-state index contributed by atoms with van der Waals surface area (Å²) in [5.41, 5.74) is 10.3. The monoisotopic (exact) mass is 261 g/mol. The van der Waals surface area contributed by atoms with E-state index in [1.807, 2.05) is 0 Å². The first-order chi connectivity index (χ1) is 8.78. The van der Waals surface area contributed by atoms with Crippen molar-refractivity contribution in [1.29, 1.82) is 0 Å². The highest BCUT2D eigenvalue weighted by atomic mass is 16.5. The first-order valence-electron chi connectivity index (χ1n) is 7.26. The Balaban J connectivity index is 2.57. The summed E-state index contributed by atoms with van der Waals surface area (Å²) in [7, 11) is 1.75. The zero-order valence-corrected chi connectivity index (χ0v) is 13.0. The second-order valence-electron chi connectivity index (χ2n) is 6.99. The molecule has 0 amide bonds. The van der Waals surface area contributed by atoms with Gasteiger partial charge in [0.15, 0.2) is 0 Å². The highest BCUT2D eigenvalue weighted by Gasteiger charge is 2.33. The highest BCUT2D eigenvalue weighted by Crippen LogP contribution is 2.41. The molecule has 0 spiro atoms. The lowest BCUT2D eigenvalue weighted by Crippen LogP contribution is -2.33. The summed E-state index contributed by atoms with van der Waals surface area (Å²) in [4.78, 5) is 0. The van der Waals surface area contributed by atoms with Crippen molar-refractivity contribution >= 4 is 0 Å². The standard InChI is InChI=1S/C17H27NO/c1-12-10-13(17(18)8-6-7-9-17)11-14(15(12)19-5)16(2,3)4/h10-11H,6-9,18H2,1-5H3. The molecule has 2 nitrogen and oxygen atoms in total. The molecule has 0 aromatic heterocycles. The molecular formula is C17H27NO. The average molecular weight is 261 g/mol. The van der Waals surface area contributed by atoms with Crippen LogP contribution < -0.4 is 10.5 Å². The van der Waals surface area contributed by atoms with Crippen molar-refractivity contribution in [2.24, 2.45) is 5.73 Å². The molecule has 0 heterocycles. The fourth-order valence-electron chi connectivity index (χ4n) is 3.18. The van der Waals surface area contributed by atoms with Gasteiger partial charge < -0.3 is 10.5 Å². The molecule has 1 aliphatic rings. The number of ether oxygens (including phenoxy) is 1. The largest absolute Gasteiger partial charge is 0.496 e. The molecule has 2 rings (SSSR count). The minimum atomic E-state index is -0.128. The second-order valence-corrected chi connectivity index (χ2v) is 6.99. The van der Waals surface area contributed by atoms with Crippen LogP contribution in [0.3, 0.4) is 0 Å². The van der Waals surface area contributed by atoms with Gasteiger partial charge in [0.05, 0.1) is 7.11 Å². The van der Waals surface area contributed by atoms with Gasteiger partial charge in [-0.15, -0.1) is 0 Å². The average Bonchev–Trinajstić information content (AvgIpc) is 2.75. The molecule has 2 N–H and O–H groups in total. The quantitative estimate of drug-likeness (QED) is 0.872. The molecule has 1 fully saturated rings. The lowest BCUT2D eigenvalue weighted by Gasteiger charge is -2.30. The maximum atomic E-state index is 6.61. The smallest absolute Gasteiger partial charge is 0.125 e. The molecule has 106 valence electrons. The Morgan fingerprint density at radius 3 is 2.21 bits per heavy atom. The van der Waals surface area contributed by atoms with Crippen molar-refractivity contribution in [3.05, 3.63) is 28.8 Å². The Kier molecular flexibility index (Phi) is 3.65. The predicted molar refractivity (Wildman–Crippen MR) is 80.8 cm³/mol. The van der Waals surface area contributed by atoms with Gasteiger partial charge in [-0.1, -0.05) is 39.7 Å². The Morgan fingerprint density at radius 2 is 1.74 bits per heavy atom. The number of methoxy groups -OCH3 is 1. The molecule has 0 aliphatic heterocycles. The lowest BCUT2D eigenvalue weighted by atomic mass is 9.80. The van der Waals surface area contributed by atoms with Crippen LogP contribution in [0.15, 0.2) is 12.1 Å². The summed E-state index contributed by atoms with van der Waals surface area (Å²) in [5, 5.41) is 0. The van der Waals surface area contributed by atoms with Crippen molar-refractivity contribution in [3.8, 4) is 5.75 Å². The van der Waals surface area contributed by atoms with Gasteiger partial charge in [-0.2, -0.15) is 0 Å². The normalized spacial score (nSPS) is 18.6. The minimum Gasteiger partial charge on any atom is -0.496 e. The summed E-state index contributed by atoms with van der Waals surface area (Å²) in [5.74, 6) is 1.01. The third-order valence-electron chi connectivity index (χ3n) is 4.36. The Labute approximate surface area is 117 Å². The van der Waals surface area contributed by atoms with E-state index < -0.39 is 0 Å². The number of benzene rings is 1. The van der Waals surface area contributed by atoms with Gasteiger partial charge in [0, 0.05) is 11.1 Å². The summed E-state index contributed by atoms with van der Waals surface area (Å²) in [6.07, 6.45) is 4.68. The van der Waals surface area contributed by atoms with E-state index in [0.717, 1.165) is 18.6 Å². The van der Waals surface area contributed by atoms with Crippen molar-refractivity contribution in [2.75, 3.05) is 7.11 Å². The van der Waals surface area contributed by atoms with Crippen LogP contribution in [-0.4, -0.2) is 7.11 Å². The van der Waals surface area contributed by atoms with Gasteiger partial charge in [0.1, 0.15) is 5.75 Å². The van der Waals surface area contributed by atoms with Crippen molar-refractivity contribution in [3.63, 3.8) is 0 Å². The summed E-state index contributed by atoms with van der Waals surface area (Å²) in [6, 6.07) is 4.50. The molecule has 0 atom stereocenters. The second kappa shape index (κ2) is 4.82. The third-order valence-corrected chi connectivity index (χ3v) is 4.36. The van der Waals surface area contributed by atoms with Gasteiger partial charge in [-0.3, -0.25) is 0 Å². The van der Waals surface area contributed by atoms with Crippen LogP contribution in [0, 0.1) is 6.92 Å². The Bertz CT molecular complexity index is 465. The summed E-state index contributed by atoms with van der Waals surface area (Å²) < 4.78 is 5.61. The number of aryl methyl sites for hydroxylation is 1. The first kappa shape index (κ1) is 14.4. The zero-order chi connectivity index (χ0) is 14.3. The molecule has 0 unspecified atom stereocenters. The van der Waals surface area contributed by atoms with Gasteiger partial charge in [0.2, 0.25) is 0 Å². The third kappa shape index (κ3) is 2.64. The lowest BCUT2D eigenvalue weighted by molar-refractivity contribution is 0.391. The fraction of sp³-hybridized carbons (Fsp3) is 0.647. The molecule has 1 aromatic carbocycles. The van der Waals surface area contributed by atoms with Gasteiger partial charge in [-0.05, 0) is 42.4 Å². The first-order valence-corrected chi connectivity index (χ1v) is 7.26. The maximum Gasteiger partial charge on any atom is 0.125 e. The van der Waals surface area contributed by atoms with Crippen molar-refractivity contribution < 1.29 is 4.74 Å². The van der Waals surface area contributed by atoms with E-state index in [2.05, 4.69) is 39.8 Å². The van der Waals surface area contributed by atoms with Crippen LogP contribution in [0.1, 0.15) is 63.1 Å². The van der Waals surface area contributed by atoms with Gasteiger partial charge in [0.25, 0.3) is 0 Å². The van der Waals surface area contributed by atoms with Crippen LogP contribution in [-0.2, 0) is 11.0 Å². The van der Waals surface area contributed by atoms with Crippen LogP contribution >= 0.6 is 0 Å². The fourth-order valence-corrected chi connectivity index (χ4v) is 3.18. The van der Waals surface area contributed by atoms with Crippen molar-refractivity contribution in [1.82, 2.24) is 0 Å². The van der Waals surface area contributed by atoms with E-state index in [1.54, 1.807) is 7.11 Å². The van der Waals surface area contributed by atoms with Crippen molar-refractivity contribution in [2.45, 2.75) is 64.3 Å². The van der Waals surface area contributed by atoms with Gasteiger partial charge >= 0.3 is 0 Å². The number of rotatable bonds is 2. The Morgan fingerprint density at radius 1 is 1.16 bits per heavy atom. The molecule has 0 radical (unpaired) electrons. The minimum absolute atomic E-state index is 0.0705. The summed E-state index contributed by atoms with van der Waals surface area (Å²) in [6.45, 7) is 8.81. The molecule has 1 saturated carbocycles. The van der Waals surface area contributed by atoms with Crippen LogP contribution in [0.25, 0.3) is 0 Å². The molecule has 1 aromatic rings. The number of hydrogen-bond donors (Lipinski definition) is 1. The maximum absolute atomic E-state index is 6.61. The van der Waals surface area contributed by atoms with Crippen LogP contribution in [0.5, 0.6) is 5.75 Å². The molecule has 2 heteroatoms. The number of hydrogen-bond acceptors (Lipinski definition) is 2. The van der Waals surface area contributed by atoms with E-state index >= 15 is 0 Å². The summed E-state index contributed by atoms with van der Waals surface area (Å²) >= 11 is 0. The van der Waals surface area contributed by atoms with Gasteiger partial charge in [-0.25, -0.2) is 0 Å². The molecule has 0 bridgehead atoms.